The van der Waals surface area contributed by atoms with E-state index in [1.54, 1.807) is 19.0 Å². The molecule has 0 heterocycles. The summed E-state index contributed by atoms with van der Waals surface area (Å²) in [6.45, 7) is 2.06. The van der Waals surface area contributed by atoms with E-state index < -0.39 is 6.10 Å². The first-order valence-corrected chi connectivity index (χ1v) is 11.0. The molecule has 0 saturated heterocycles. The molecule has 1 aromatic carbocycles. The van der Waals surface area contributed by atoms with E-state index in [1.807, 2.05) is 24.3 Å². The molecule has 3 rings (SSSR count). The second kappa shape index (κ2) is 10.2. The molecule has 30 heavy (non-hydrogen) atoms. The molecule has 4 nitrogen and oxygen atoms in total. The number of aryl methyl sites for hydroxylation is 1. The summed E-state index contributed by atoms with van der Waals surface area (Å²) in [5.41, 5.74) is 3.62. The molecule has 2 aliphatic rings. The number of carbonyl (C=O) groups is 1. The van der Waals surface area contributed by atoms with Crippen LogP contribution in [0, 0.1) is 24.7 Å². The van der Waals surface area contributed by atoms with Gasteiger partial charge in [-0.25, -0.2) is 0 Å². The van der Waals surface area contributed by atoms with Gasteiger partial charge in [0.05, 0.1) is 12.2 Å². The van der Waals surface area contributed by atoms with E-state index in [0.29, 0.717) is 24.7 Å². The fourth-order valence-electron chi connectivity index (χ4n) is 4.74. The standard InChI is InChI=1S/C26H35NO3/c1-18-7-6-9-19(13-18)15-22(28)11-12-23-24-16-20(14-21(24)17-25(23)29)8-4-5-10-26(30)27(2)3/h4,6-9,11-14,21-25,28-29H,5,10,15-17H2,1-3H3/t21-,22+,23+,24-,25+/m0/s1. The highest BCUT2D eigenvalue weighted by molar-refractivity contribution is 5.75. The molecule has 0 aliphatic heterocycles. The summed E-state index contributed by atoms with van der Waals surface area (Å²) >= 11 is 0. The molecule has 1 fully saturated rings. The van der Waals surface area contributed by atoms with Gasteiger partial charge in [0.15, 0.2) is 0 Å². The summed E-state index contributed by atoms with van der Waals surface area (Å²) < 4.78 is 0. The minimum Gasteiger partial charge on any atom is -0.392 e. The number of hydrogen-bond donors (Lipinski definition) is 2. The third-order valence-electron chi connectivity index (χ3n) is 6.34. The molecule has 2 aliphatic carbocycles. The Bertz CT molecular complexity index is 823. The predicted octanol–water partition coefficient (Wildman–Crippen LogP) is 3.82. The minimum atomic E-state index is -0.541. The van der Waals surface area contributed by atoms with Crippen molar-refractivity contribution in [2.45, 2.75) is 51.2 Å². The maximum absolute atomic E-state index is 11.7. The number of fused-ring (bicyclic) bond motifs is 1. The summed E-state index contributed by atoms with van der Waals surface area (Å²) in [6, 6.07) is 8.21. The van der Waals surface area contributed by atoms with Crippen molar-refractivity contribution in [3.8, 4) is 0 Å². The fraction of sp³-hybridized carbons (Fsp3) is 0.500. The molecule has 162 valence electrons. The van der Waals surface area contributed by atoms with Gasteiger partial charge >= 0.3 is 0 Å². The summed E-state index contributed by atoms with van der Waals surface area (Å²) in [4.78, 5) is 13.3. The number of allylic oxidation sites excluding steroid dienone is 4. The number of amides is 1. The lowest BCUT2D eigenvalue weighted by Gasteiger charge is -2.18. The van der Waals surface area contributed by atoms with Crippen molar-refractivity contribution in [3.63, 3.8) is 0 Å². The first-order chi connectivity index (χ1) is 14.3. The number of nitrogens with zero attached hydrogens (tertiary/aromatic N) is 1. The molecule has 5 atom stereocenters. The molecule has 0 aromatic heterocycles. The smallest absolute Gasteiger partial charge is 0.222 e. The van der Waals surface area contributed by atoms with Crippen LogP contribution in [0.4, 0.5) is 0 Å². The third kappa shape index (κ3) is 5.93. The summed E-state index contributed by atoms with van der Waals surface area (Å²) in [7, 11) is 3.56. The van der Waals surface area contributed by atoms with Gasteiger partial charge in [-0.05, 0) is 43.6 Å². The highest BCUT2D eigenvalue weighted by Gasteiger charge is 2.42. The van der Waals surface area contributed by atoms with Crippen molar-refractivity contribution in [1.82, 2.24) is 4.90 Å². The van der Waals surface area contributed by atoms with E-state index in [1.165, 1.54) is 11.1 Å². The second-order valence-electron chi connectivity index (χ2n) is 9.03. The van der Waals surface area contributed by atoms with Crippen LogP contribution in [-0.2, 0) is 11.2 Å². The van der Waals surface area contributed by atoms with E-state index in [4.69, 9.17) is 0 Å². The first kappa shape index (κ1) is 22.5. The second-order valence-corrected chi connectivity index (χ2v) is 9.03. The minimum absolute atomic E-state index is 0.0830. The molecule has 0 unspecified atom stereocenters. The first-order valence-electron chi connectivity index (χ1n) is 11.0. The van der Waals surface area contributed by atoms with Gasteiger partial charge in [0.2, 0.25) is 5.91 Å². The zero-order valence-corrected chi connectivity index (χ0v) is 18.4. The highest BCUT2D eigenvalue weighted by atomic mass is 16.3. The van der Waals surface area contributed by atoms with Crippen LogP contribution in [0.15, 0.2) is 60.2 Å². The zero-order chi connectivity index (χ0) is 21.7. The van der Waals surface area contributed by atoms with Crippen LogP contribution in [0.5, 0.6) is 0 Å². The highest BCUT2D eigenvalue weighted by Crippen LogP contribution is 2.47. The summed E-state index contributed by atoms with van der Waals surface area (Å²) in [5.74, 6) is 1.02. The van der Waals surface area contributed by atoms with Crippen LogP contribution in [0.25, 0.3) is 0 Å². The van der Waals surface area contributed by atoms with Crippen LogP contribution in [0.3, 0.4) is 0 Å². The van der Waals surface area contributed by atoms with E-state index in [2.05, 4.69) is 37.3 Å². The number of benzene rings is 1. The van der Waals surface area contributed by atoms with Crippen LogP contribution >= 0.6 is 0 Å². The Kier molecular flexibility index (Phi) is 7.68. The van der Waals surface area contributed by atoms with Gasteiger partial charge in [0.25, 0.3) is 0 Å². The van der Waals surface area contributed by atoms with Crippen LogP contribution in [0.1, 0.15) is 36.8 Å². The SMILES string of the molecule is Cc1cccc(C[C@H](O)C=C[C@@H]2[C@H]3CC(C=CCCC(=O)N(C)C)=C[C@H]3C[C@H]2O)c1. The maximum Gasteiger partial charge on any atom is 0.222 e. The lowest BCUT2D eigenvalue weighted by molar-refractivity contribution is -0.128. The van der Waals surface area contributed by atoms with E-state index in [0.717, 1.165) is 24.8 Å². The van der Waals surface area contributed by atoms with Crippen molar-refractivity contribution in [3.05, 3.63) is 71.3 Å². The van der Waals surface area contributed by atoms with Gasteiger partial charge in [0.1, 0.15) is 0 Å². The summed E-state index contributed by atoms with van der Waals surface area (Å²) in [5, 5.41) is 21.0. The number of hydrogen-bond acceptors (Lipinski definition) is 3. The van der Waals surface area contributed by atoms with Gasteiger partial charge in [-0.3, -0.25) is 4.79 Å². The molecule has 0 spiro atoms. The van der Waals surface area contributed by atoms with Crippen molar-refractivity contribution in [1.29, 1.82) is 0 Å². The number of carbonyl (C=O) groups excluding carboxylic acids is 1. The molecule has 4 heteroatoms. The molecule has 0 radical (unpaired) electrons. The average molecular weight is 410 g/mol. The molecular formula is C26H35NO3. The van der Waals surface area contributed by atoms with Crippen LogP contribution in [-0.4, -0.2) is 47.3 Å². The molecule has 0 bridgehead atoms. The van der Waals surface area contributed by atoms with Gasteiger partial charge in [0, 0.05) is 32.9 Å². The lowest BCUT2D eigenvalue weighted by Crippen LogP contribution is -2.20. The molecule has 1 amide bonds. The van der Waals surface area contributed by atoms with E-state index in [9.17, 15) is 15.0 Å². The Balaban J connectivity index is 1.52. The molecular weight excluding hydrogens is 374 g/mol. The largest absolute Gasteiger partial charge is 0.392 e. The van der Waals surface area contributed by atoms with Gasteiger partial charge < -0.3 is 15.1 Å². The van der Waals surface area contributed by atoms with Gasteiger partial charge in [-0.1, -0.05) is 65.8 Å². The molecule has 1 aromatic rings. The van der Waals surface area contributed by atoms with Crippen LogP contribution < -0.4 is 0 Å². The normalized spacial score (nSPS) is 26.9. The van der Waals surface area contributed by atoms with Gasteiger partial charge in [-0.2, -0.15) is 0 Å². The number of rotatable bonds is 8. The monoisotopic (exact) mass is 409 g/mol. The lowest BCUT2D eigenvalue weighted by atomic mass is 9.89. The van der Waals surface area contributed by atoms with E-state index in [-0.39, 0.29) is 17.9 Å². The topological polar surface area (TPSA) is 60.8 Å². The Morgan fingerprint density at radius 1 is 1.33 bits per heavy atom. The van der Waals surface area contributed by atoms with Gasteiger partial charge in [-0.15, -0.1) is 0 Å². The zero-order valence-electron chi connectivity index (χ0n) is 18.4. The van der Waals surface area contributed by atoms with Crippen molar-refractivity contribution >= 4 is 5.91 Å². The summed E-state index contributed by atoms with van der Waals surface area (Å²) in [6.07, 6.45) is 13.1. The van der Waals surface area contributed by atoms with Crippen molar-refractivity contribution in [2.75, 3.05) is 14.1 Å². The molecule has 2 N–H and O–H groups in total. The van der Waals surface area contributed by atoms with Crippen molar-refractivity contribution in [2.24, 2.45) is 17.8 Å². The van der Waals surface area contributed by atoms with Crippen molar-refractivity contribution < 1.29 is 15.0 Å². The Hall–Kier alpha value is -2.17. The quantitative estimate of drug-likeness (QED) is 0.642. The Labute approximate surface area is 180 Å². The predicted molar refractivity (Wildman–Crippen MR) is 121 cm³/mol. The van der Waals surface area contributed by atoms with E-state index >= 15 is 0 Å². The number of aliphatic hydroxyl groups is 2. The fourth-order valence-corrected chi connectivity index (χ4v) is 4.74. The maximum atomic E-state index is 11.7. The number of aliphatic hydroxyl groups excluding tert-OH is 2. The third-order valence-corrected chi connectivity index (χ3v) is 6.34. The average Bonchev–Trinajstić information content (AvgIpc) is 3.19. The van der Waals surface area contributed by atoms with Crippen LogP contribution in [0.2, 0.25) is 0 Å². The molecule has 1 saturated carbocycles. The Morgan fingerprint density at radius 3 is 2.87 bits per heavy atom. The Morgan fingerprint density at radius 2 is 2.13 bits per heavy atom.